The van der Waals surface area contributed by atoms with Crippen molar-refractivity contribution in [3.8, 4) is 33.6 Å². The Morgan fingerprint density at radius 1 is 0.614 bits per heavy atom. The lowest BCUT2D eigenvalue weighted by atomic mass is 9.81. The SMILES string of the molecule is C=CCC(/C=C\CC)c1c2ccccc2c(-c2ccc(-c3ccc(-c4ccccn4)cn3)c3ccccc23)c2ccccc12. The third-order valence-electron chi connectivity index (χ3n) is 8.56. The molecular formula is C42H34N2. The lowest BCUT2D eigenvalue weighted by Gasteiger charge is -2.22. The Hall–Kier alpha value is -5.34. The highest BCUT2D eigenvalue weighted by Gasteiger charge is 2.21. The number of hydrogen-bond acceptors (Lipinski definition) is 2. The van der Waals surface area contributed by atoms with Gasteiger partial charge in [-0.2, -0.15) is 0 Å². The molecule has 2 aromatic heterocycles. The molecule has 5 aromatic carbocycles. The topological polar surface area (TPSA) is 25.8 Å². The van der Waals surface area contributed by atoms with Gasteiger partial charge >= 0.3 is 0 Å². The standard InChI is InChI=1S/C42H34N2/c1-3-5-15-29(14-4-2)41-34-18-8-10-20-36(34)42(37-21-11-9-19-35(37)41)38-25-24-33(31-16-6-7-17-32(31)38)40-26-23-30(28-44-40)39-22-12-13-27-43-39/h4-13,15-29H,2-3,14H2,1H3/b15-5-. The predicted octanol–water partition coefficient (Wildman–Crippen LogP) is 11.6. The van der Waals surface area contributed by atoms with Crippen molar-refractivity contribution in [2.24, 2.45) is 0 Å². The summed E-state index contributed by atoms with van der Waals surface area (Å²) in [5.74, 6) is 0.260. The summed E-state index contributed by atoms with van der Waals surface area (Å²) < 4.78 is 0. The van der Waals surface area contributed by atoms with Gasteiger partial charge in [0, 0.05) is 29.4 Å². The van der Waals surface area contributed by atoms with E-state index in [1.54, 1.807) is 0 Å². The Kier molecular flexibility index (Phi) is 7.56. The summed E-state index contributed by atoms with van der Waals surface area (Å²) in [7, 11) is 0. The Morgan fingerprint density at radius 3 is 1.82 bits per heavy atom. The molecule has 7 aromatic rings. The first-order valence-corrected chi connectivity index (χ1v) is 15.4. The van der Waals surface area contributed by atoms with Gasteiger partial charge in [0.25, 0.3) is 0 Å². The monoisotopic (exact) mass is 566 g/mol. The number of hydrogen-bond donors (Lipinski definition) is 0. The van der Waals surface area contributed by atoms with Crippen LogP contribution in [0.2, 0.25) is 0 Å². The molecular weight excluding hydrogens is 532 g/mol. The molecule has 0 N–H and O–H groups in total. The van der Waals surface area contributed by atoms with E-state index in [4.69, 9.17) is 4.98 Å². The van der Waals surface area contributed by atoms with Crippen molar-refractivity contribution in [3.63, 3.8) is 0 Å². The van der Waals surface area contributed by atoms with Crippen molar-refractivity contribution in [2.75, 3.05) is 0 Å². The lowest BCUT2D eigenvalue weighted by molar-refractivity contribution is 0.876. The molecule has 0 aliphatic heterocycles. The highest BCUT2D eigenvalue weighted by Crippen LogP contribution is 2.46. The maximum atomic E-state index is 4.90. The second-order valence-electron chi connectivity index (χ2n) is 11.2. The van der Waals surface area contributed by atoms with E-state index in [0.717, 1.165) is 35.4 Å². The summed E-state index contributed by atoms with van der Waals surface area (Å²) in [6.07, 6.45) is 12.4. The Balaban J connectivity index is 1.46. The van der Waals surface area contributed by atoms with Crippen molar-refractivity contribution in [1.29, 1.82) is 0 Å². The number of rotatable bonds is 8. The van der Waals surface area contributed by atoms with E-state index >= 15 is 0 Å². The highest BCUT2D eigenvalue weighted by atomic mass is 14.7. The summed E-state index contributed by atoms with van der Waals surface area (Å²) in [6.45, 7) is 6.30. The summed E-state index contributed by atoms with van der Waals surface area (Å²) in [6, 6.07) is 41.2. The van der Waals surface area contributed by atoms with Crippen LogP contribution in [0.5, 0.6) is 0 Å². The summed E-state index contributed by atoms with van der Waals surface area (Å²) in [5.41, 5.74) is 7.90. The molecule has 2 heterocycles. The summed E-state index contributed by atoms with van der Waals surface area (Å²) in [4.78, 5) is 9.39. The number of benzene rings is 5. The van der Waals surface area contributed by atoms with Crippen molar-refractivity contribution in [3.05, 3.63) is 158 Å². The van der Waals surface area contributed by atoms with Gasteiger partial charge in [0.15, 0.2) is 0 Å². The molecule has 0 spiro atoms. The minimum atomic E-state index is 0.260. The molecule has 2 heteroatoms. The fourth-order valence-electron chi connectivity index (χ4n) is 6.60. The molecule has 1 atom stereocenters. The predicted molar refractivity (Wildman–Crippen MR) is 188 cm³/mol. The van der Waals surface area contributed by atoms with Crippen LogP contribution in [0.15, 0.2) is 152 Å². The zero-order chi connectivity index (χ0) is 29.9. The Labute approximate surface area is 259 Å². The van der Waals surface area contributed by atoms with E-state index < -0.39 is 0 Å². The third-order valence-corrected chi connectivity index (χ3v) is 8.56. The molecule has 44 heavy (non-hydrogen) atoms. The van der Waals surface area contributed by atoms with Gasteiger partial charge in [0.2, 0.25) is 0 Å². The molecule has 0 saturated heterocycles. The Bertz CT molecular complexity index is 2080. The first kappa shape index (κ1) is 27.5. The molecule has 0 radical (unpaired) electrons. The molecule has 0 saturated carbocycles. The summed E-state index contributed by atoms with van der Waals surface area (Å²) in [5, 5.41) is 7.56. The van der Waals surface area contributed by atoms with Crippen LogP contribution in [0.3, 0.4) is 0 Å². The van der Waals surface area contributed by atoms with Crippen molar-refractivity contribution >= 4 is 32.3 Å². The highest BCUT2D eigenvalue weighted by molar-refractivity contribution is 6.19. The average Bonchev–Trinajstić information content (AvgIpc) is 3.09. The lowest BCUT2D eigenvalue weighted by Crippen LogP contribution is -2.00. The summed E-state index contributed by atoms with van der Waals surface area (Å²) >= 11 is 0. The largest absolute Gasteiger partial charge is 0.256 e. The van der Waals surface area contributed by atoms with Crippen LogP contribution in [-0.2, 0) is 0 Å². The van der Waals surface area contributed by atoms with Gasteiger partial charge in [-0.25, -0.2) is 0 Å². The molecule has 0 amide bonds. The Morgan fingerprint density at radius 2 is 1.23 bits per heavy atom. The number of allylic oxidation sites excluding steroid dienone is 3. The van der Waals surface area contributed by atoms with E-state index in [-0.39, 0.29) is 5.92 Å². The molecule has 1 unspecified atom stereocenters. The van der Waals surface area contributed by atoms with Crippen molar-refractivity contribution < 1.29 is 0 Å². The molecule has 0 bridgehead atoms. The average molecular weight is 567 g/mol. The van der Waals surface area contributed by atoms with Gasteiger partial charge in [-0.15, -0.1) is 6.58 Å². The number of fused-ring (bicyclic) bond motifs is 3. The van der Waals surface area contributed by atoms with Crippen LogP contribution in [-0.4, -0.2) is 9.97 Å². The third kappa shape index (κ3) is 4.89. The van der Waals surface area contributed by atoms with E-state index in [2.05, 4.69) is 128 Å². The van der Waals surface area contributed by atoms with Crippen molar-refractivity contribution in [2.45, 2.75) is 25.7 Å². The molecule has 0 aliphatic carbocycles. The van der Waals surface area contributed by atoms with E-state index in [1.165, 1.54) is 49.0 Å². The van der Waals surface area contributed by atoms with E-state index in [1.807, 2.05) is 36.7 Å². The van der Waals surface area contributed by atoms with Gasteiger partial charge in [-0.3, -0.25) is 9.97 Å². The van der Waals surface area contributed by atoms with E-state index in [9.17, 15) is 0 Å². The van der Waals surface area contributed by atoms with Crippen LogP contribution in [0.25, 0.3) is 66.0 Å². The quantitative estimate of drug-likeness (QED) is 0.135. The molecule has 0 aliphatic rings. The zero-order valence-corrected chi connectivity index (χ0v) is 24.9. The second-order valence-corrected chi connectivity index (χ2v) is 11.2. The van der Waals surface area contributed by atoms with Gasteiger partial charge < -0.3 is 0 Å². The minimum absolute atomic E-state index is 0.260. The smallest absolute Gasteiger partial charge is 0.0717 e. The van der Waals surface area contributed by atoms with Crippen LogP contribution >= 0.6 is 0 Å². The van der Waals surface area contributed by atoms with Gasteiger partial charge in [-0.1, -0.05) is 116 Å². The molecule has 0 fully saturated rings. The number of pyridine rings is 2. The second kappa shape index (κ2) is 12.1. The molecule has 212 valence electrons. The maximum Gasteiger partial charge on any atom is 0.0717 e. The number of nitrogens with zero attached hydrogens (tertiary/aromatic N) is 2. The van der Waals surface area contributed by atoms with Crippen LogP contribution in [0.4, 0.5) is 0 Å². The molecule has 2 nitrogen and oxygen atoms in total. The maximum absolute atomic E-state index is 4.90. The first-order valence-electron chi connectivity index (χ1n) is 15.4. The number of aromatic nitrogens is 2. The van der Waals surface area contributed by atoms with Crippen LogP contribution in [0, 0.1) is 0 Å². The fourth-order valence-corrected chi connectivity index (χ4v) is 6.60. The first-order chi connectivity index (χ1) is 21.8. The normalized spacial score (nSPS) is 12.3. The van der Waals surface area contributed by atoms with Crippen molar-refractivity contribution in [1.82, 2.24) is 9.97 Å². The van der Waals surface area contributed by atoms with Gasteiger partial charge in [0.1, 0.15) is 0 Å². The van der Waals surface area contributed by atoms with Crippen LogP contribution in [0.1, 0.15) is 31.2 Å². The zero-order valence-electron chi connectivity index (χ0n) is 24.9. The van der Waals surface area contributed by atoms with Gasteiger partial charge in [0.05, 0.1) is 11.4 Å². The van der Waals surface area contributed by atoms with Gasteiger partial charge in [-0.05, 0) is 86.1 Å². The molecule has 7 rings (SSSR count). The fraction of sp³-hybridized carbons (Fsp3) is 0.0952. The van der Waals surface area contributed by atoms with Crippen LogP contribution < -0.4 is 0 Å². The minimum Gasteiger partial charge on any atom is -0.256 e. The van der Waals surface area contributed by atoms with E-state index in [0.29, 0.717) is 0 Å².